The van der Waals surface area contributed by atoms with Crippen molar-refractivity contribution in [2.24, 2.45) is 11.8 Å². The molecule has 2 aromatic rings. The summed E-state index contributed by atoms with van der Waals surface area (Å²) in [7, 11) is 0. The van der Waals surface area contributed by atoms with Gasteiger partial charge in [0.2, 0.25) is 5.91 Å². The highest BCUT2D eigenvalue weighted by atomic mass is 32.2. The van der Waals surface area contributed by atoms with Gasteiger partial charge in [0.15, 0.2) is 0 Å². The number of rotatable bonds is 5. The van der Waals surface area contributed by atoms with Gasteiger partial charge in [-0.3, -0.25) is 9.59 Å². The van der Waals surface area contributed by atoms with E-state index in [-0.39, 0.29) is 17.6 Å². The monoisotopic (exact) mass is 433 g/mol. The smallest absolute Gasteiger partial charge is 0.254 e. The zero-order chi connectivity index (χ0) is 21.6. The summed E-state index contributed by atoms with van der Waals surface area (Å²) >= 11 is 1.37. The molecule has 1 heterocycles. The van der Waals surface area contributed by atoms with Crippen LogP contribution in [0.15, 0.2) is 53.4 Å². The molecule has 1 N–H and O–H groups in total. The van der Waals surface area contributed by atoms with E-state index in [0.717, 1.165) is 30.3 Å². The molecule has 2 fully saturated rings. The van der Waals surface area contributed by atoms with Crippen LogP contribution in [0.4, 0.5) is 5.69 Å². The van der Waals surface area contributed by atoms with Crippen LogP contribution in [-0.2, 0) is 4.79 Å². The number of nitrogens with one attached hydrogen (secondary N) is 1. The SMILES string of the molecule is N#Cc1cccc(NC(=O)CSc2ccccc2C(=O)N2CCC3CCCCC3C2)c1. The molecule has 1 aliphatic heterocycles. The number of nitrogens with zero attached hydrogens (tertiary/aromatic N) is 2. The van der Waals surface area contributed by atoms with Crippen molar-refractivity contribution in [1.29, 1.82) is 5.26 Å². The fraction of sp³-hybridized carbons (Fsp3) is 0.400. The van der Waals surface area contributed by atoms with Gasteiger partial charge in [0.05, 0.1) is 22.9 Å². The van der Waals surface area contributed by atoms with Gasteiger partial charge >= 0.3 is 0 Å². The van der Waals surface area contributed by atoms with E-state index in [0.29, 0.717) is 22.7 Å². The Morgan fingerprint density at radius 3 is 2.71 bits per heavy atom. The largest absolute Gasteiger partial charge is 0.338 e. The highest BCUT2D eigenvalue weighted by molar-refractivity contribution is 8.00. The van der Waals surface area contributed by atoms with Crippen molar-refractivity contribution < 1.29 is 9.59 Å². The van der Waals surface area contributed by atoms with E-state index in [1.54, 1.807) is 24.3 Å². The van der Waals surface area contributed by atoms with E-state index in [9.17, 15) is 9.59 Å². The first-order valence-corrected chi connectivity index (χ1v) is 11.9. The molecule has 2 aromatic carbocycles. The molecule has 0 radical (unpaired) electrons. The van der Waals surface area contributed by atoms with E-state index in [1.807, 2.05) is 29.2 Å². The molecule has 1 aliphatic carbocycles. The number of carbonyl (C=O) groups is 2. The summed E-state index contributed by atoms with van der Waals surface area (Å²) in [6.45, 7) is 1.69. The molecule has 2 atom stereocenters. The Morgan fingerprint density at radius 2 is 1.87 bits per heavy atom. The molecule has 0 aromatic heterocycles. The number of anilines is 1. The molecule has 2 amide bonds. The molecule has 5 nitrogen and oxygen atoms in total. The lowest BCUT2D eigenvalue weighted by molar-refractivity contribution is -0.113. The van der Waals surface area contributed by atoms with Crippen LogP contribution in [0.1, 0.15) is 48.0 Å². The molecule has 4 rings (SSSR count). The van der Waals surface area contributed by atoms with Gasteiger partial charge in [-0.25, -0.2) is 0 Å². The van der Waals surface area contributed by atoms with E-state index < -0.39 is 0 Å². The summed E-state index contributed by atoms with van der Waals surface area (Å²) in [6, 6.07) is 16.5. The molecule has 160 valence electrons. The average Bonchev–Trinajstić information content (AvgIpc) is 2.82. The summed E-state index contributed by atoms with van der Waals surface area (Å²) in [5.41, 5.74) is 1.79. The maximum Gasteiger partial charge on any atom is 0.254 e. The molecule has 31 heavy (non-hydrogen) atoms. The highest BCUT2D eigenvalue weighted by Gasteiger charge is 2.33. The number of fused-ring (bicyclic) bond motifs is 1. The summed E-state index contributed by atoms with van der Waals surface area (Å²) in [4.78, 5) is 28.5. The number of thioether (sulfide) groups is 1. The first-order chi connectivity index (χ1) is 15.1. The summed E-state index contributed by atoms with van der Waals surface area (Å²) in [6.07, 6.45) is 6.26. The first kappa shape index (κ1) is 21.5. The number of nitriles is 1. The van der Waals surface area contributed by atoms with Gasteiger partial charge in [-0.15, -0.1) is 11.8 Å². The van der Waals surface area contributed by atoms with Crippen LogP contribution in [0.25, 0.3) is 0 Å². The van der Waals surface area contributed by atoms with Crippen molar-refractivity contribution in [3.05, 3.63) is 59.7 Å². The number of benzene rings is 2. The van der Waals surface area contributed by atoms with Gasteiger partial charge in [-0.05, 0) is 55.0 Å². The third kappa shape index (κ3) is 5.29. The Kier molecular flexibility index (Phi) is 6.93. The van der Waals surface area contributed by atoms with E-state index in [2.05, 4.69) is 11.4 Å². The van der Waals surface area contributed by atoms with Crippen LogP contribution in [-0.4, -0.2) is 35.6 Å². The molecule has 2 aliphatic rings. The first-order valence-electron chi connectivity index (χ1n) is 10.9. The van der Waals surface area contributed by atoms with Gasteiger partial charge in [0.25, 0.3) is 5.91 Å². The summed E-state index contributed by atoms with van der Waals surface area (Å²) in [5.74, 6) is 1.54. The molecular weight excluding hydrogens is 406 g/mol. The van der Waals surface area contributed by atoms with E-state index >= 15 is 0 Å². The lowest BCUT2D eigenvalue weighted by Gasteiger charge is -2.41. The number of carbonyl (C=O) groups excluding carboxylic acids is 2. The van der Waals surface area contributed by atoms with Gasteiger partial charge in [-0.1, -0.05) is 37.5 Å². The van der Waals surface area contributed by atoms with E-state index in [1.165, 1.54) is 37.4 Å². The third-order valence-corrected chi connectivity index (χ3v) is 7.40. The van der Waals surface area contributed by atoms with Crippen molar-refractivity contribution in [1.82, 2.24) is 4.90 Å². The van der Waals surface area contributed by atoms with Crippen molar-refractivity contribution in [2.75, 3.05) is 24.2 Å². The van der Waals surface area contributed by atoms with Gasteiger partial charge in [-0.2, -0.15) is 5.26 Å². The molecule has 1 saturated carbocycles. The molecule has 2 unspecified atom stereocenters. The van der Waals surface area contributed by atoms with Crippen LogP contribution in [0.3, 0.4) is 0 Å². The van der Waals surface area contributed by atoms with Crippen LogP contribution in [0.2, 0.25) is 0 Å². The van der Waals surface area contributed by atoms with Crippen molar-refractivity contribution in [3.8, 4) is 6.07 Å². The predicted molar refractivity (Wildman–Crippen MR) is 123 cm³/mol. The van der Waals surface area contributed by atoms with Gasteiger partial charge in [0, 0.05) is 23.7 Å². The maximum absolute atomic E-state index is 13.3. The Labute approximate surface area is 187 Å². The van der Waals surface area contributed by atoms with Crippen molar-refractivity contribution >= 4 is 29.3 Å². The Morgan fingerprint density at radius 1 is 1.06 bits per heavy atom. The molecule has 0 spiro atoms. The maximum atomic E-state index is 13.3. The number of amides is 2. The Bertz CT molecular complexity index is 1000. The lowest BCUT2D eigenvalue weighted by atomic mass is 9.75. The summed E-state index contributed by atoms with van der Waals surface area (Å²) < 4.78 is 0. The zero-order valence-corrected chi connectivity index (χ0v) is 18.4. The van der Waals surface area contributed by atoms with Crippen LogP contribution < -0.4 is 5.32 Å². The van der Waals surface area contributed by atoms with Crippen molar-refractivity contribution in [2.45, 2.75) is 37.0 Å². The van der Waals surface area contributed by atoms with E-state index in [4.69, 9.17) is 5.26 Å². The minimum atomic E-state index is -0.162. The normalized spacial score (nSPS) is 20.4. The predicted octanol–water partition coefficient (Wildman–Crippen LogP) is 4.94. The standard InChI is InChI=1S/C25H27N3O2S/c26-15-18-6-5-9-21(14-18)27-24(29)17-31-23-11-4-3-10-22(23)25(30)28-13-12-19-7-1-2-8-20(19)16-28/h3-6,9-11,14,19-20H,1-2,7-8,12-13,16-17H2,(H,27,29). The second-order valence-electron chi connectivity index (χ2n) is 8.37. The molecule has 0 bridgehead atoms. The zero-order valence-electron chi connectivity index (χ0n) is 17.5. The Balaban J connectivity index is 1.38. The fourth-order valence-corrected chi connectivity index (χ4v) is 5.58. The van der Waals surface area contributed by atoms with Crippen molar-refractivity contribution in [3.63, 3.8) is 0 Å². The molecular formula is C25H27N3O2S. The topological polar surface area (TPSA) is 73.2 Å². The molecule has 1 saturated heterocycles. The van der Waals surface area contributed by atoms with Crippen LogP contribution in [0.5, 0.6) is 0 Å². The number of piperidine rings is 1. The van der Waals surface area contributed by atoms with Crippen LogP contribution in [0, 0.1) is 23.2 Å². The minimum absolute atomic E-state index is 0.0780. The third-order valence-electron chi connectivity index (χ3n) is 6.33. The second-order valence-corrected chi connectivity index (χ2v) is 9.39. The van der Waals surface area contributed by atoms with Crippen LogP contribution >= 0.6 is 11.8 Å². The quantitative estimate of drug-likeness (QED) is 0.678. The Hall–Kier alpha value is -2.78. The molecule has 6 heteroatoms. The summed E-state index contributed by atoms with van der Waals surface area (Å²) in [5, 5.41) is 11.8. The fourth-order valence-electron chi connectivity index (χ4n) is 4.73. The van der Waals surface area contributed by atoms with Gasteiger partial charge in [0.1, 0.15) is 0 Å². The number of hydrogen-bond donors (Lipinski definition) is 1. The highest BCUT2D eigenvalue weighted by Crippen LogP contribution is 2.37. The van der Waals surface area contributed by atoms with Gasteiger partial charge < -0.3 is 10.2 Å². The average molecular weight is 434 g/mol. The number of likely N-dealkylation sites (tertiary alicyclic amines) is 1. The lowest BCUT2D eigenvalue weighted by Crippen LogP contribution is -2.44. The minimum Gasteiger partial charge on any atom is -0.338 e. The second kappa shape index (κ2) is 10.0. The number of hydrogen-bond acceptors (Lipinski definition) is 4.